The van der Waals surface area contributed by atoms with E-state index in [1.165, 1.54) is 4.90 Å². The van der Waals surface area contributed by atoms with Crippen molar-refractivity contribution in [3.05, 3.63) is 0 Å². The molecule has 120 valence electrons. The van der Waals surface area contributed by atoms with Gasteiger partial charge in [-0.05, 0) is 25.7 Å². The van der Waals surface area contributed by atoms with Crippen LogP contribution in [-0.4, -0.2) is 58.9 Å². The van der Waals surface area contributed by atoms with E-state index in [1.54, 1.807) is 4.90 Å². The minimum absolute atomic E-state index is 0.0928. The summed E-state index contributed by atoms with van der Waals surface area (Å²) < 4.78 is 0. The topological polar surface area (TPSA) is 77.9 Å². The molecule has 0 radical (unpaired) electrons. The predicted molar refractivity (Wildman–Crippen MR) is 78.7 cm³/mol. The molecule has 1 N–H and O–H groups in total. The van der Waals surface area contributed by atoms with Crippen LogP contribution in [-0.2, 0) is 14.4 Å². The van der Waals surface area contributed by atoms with Gasteiger partial charge in [0, 0.05) is 26.1 Å². The number of amides is 2. The first-order valence-corrected chi connectivity index (χ1v) is 7.77. The zero-order valence-electron chi connectivity index (χ0n) is 13.0. The number of aliphatic carboxylic acids is 1. The van der Waals surface area contributed by atoms with Gasteiger partial charge in [0.05, 0.1) is 5.92 Å². The third-order valence-corrected chi connectivity index (χ3v) is 3.72. The van der Waals surface area contributed by atoms with Crippen molar-refractivity contribution >= 4 is 17.8 Å². The Morgan fingerprint density at radius 1 is 1.24 bits per heavy atom. The lowest BCUT2D eigenvalue weighted by Crippen LogP contribution is -2.48. The molecule has 0 aromatic carbocycles. The molecule has 6 heteroatoms. The largest absolute Gasteiger partial charge is 0.480 e. The van der Waals surface area contributed by atoms with E-state index < -0.39 is 5.97 Å². The van der Waals surface area contributed by atoms with Crippen molar-refractivity contribution < 1.29 is 19.5 Å². The molecule has 1 aliphatic rings. The second-order valence-electron chi connectivity index (χ2n) is 5.58. The number of carboxylic acid groups (broad SMARTS) is 1. The summed E-state index contributed by atoms with van der Waals surface area (Å²) in [4.78, 5) is 38.4. The molecule has 0 bridgehead atoms. The average Bonchev–Trinajstić information content (AvgIpc) is 2.46. The molecule has 1 aliphatic heterocycles. The van der Waals surface area contributed by atoms with Crippen LogP contribution in [0.4, 0.5) is 0 Å². The number of hydrogen-bond donors (Lipinski definition) is 1. The van der Waals surface area contributed by atoms with Gasteiger partial charge in [-0.25, -0.2) is 0 Å². The van der Waals surface area contributed by atoms with Crippen LogP contribution in [0.3, 0.4) is 0 Å². The van der Waals surface area contributed by atoms with E-state index in [9.17, 15) is 14.4 Å². The molecule has 1 saturated heterocycles. The molecule has 0 aromatic rings. The molecule has 6 nitrogen and oxygen atoms in total. The average molecular weight is 298 g/mol. The Morgan fingerprint density at radius 2 is 1.95 bits per heavy atom. The lowest BCUT2D eigenvalue weighted by atomic mass is 9.96. The van der Waals surface area contributed by atoms with Crippen molar-refractivity contribution in [2.75, 3.05) is 26.2 Å². The predicted octanol–water partition coefficient (Wildman–Crippen LogP) is 1.35. The summed E-state index contributed by atoms with van der Waals surface area (Å²) >= 11 is 0. The van der Waals surface area contributed by atoms with Crippen LogP contribution in [0.1, 0.15) is 46.0 Å². The van der Waals surface area contributed by atoms with Crippen molar-refractivity contribution in [3.8, 4) is 0 Å². The number of likely N-dealkylation sites (tertiary alicyclic amines) is 1. The first kappa shape index (κ1) is 17.5. The van der Waals surface area contributed by atoms with Gasteiger partial charge in [0.1, 0.15) is 6.54 Å². The van der Waals surface area contributed by atoms with E-state index >= 15 is 0 Å². The van der Waals surface area contributed by atoms with E-state index in [1.807, 2.05) is 13.8 Å². The Labute approximate surface area is 126 Å². The standard InChI is InChI=1S/C15H26N2O4/c1-3-6-13(18)16-9-5-7-12(10-16)15(21)17(8-4-2)11-14(19)20/h12H,3-11H2,1-2H3,(H,19,20). The van der Waals surface area contributed by atoms with Crippen LogP contribution in [0.5, 0.6) is 0 Å². The van der Waals surface area contributed by atoms with Gasteiger partial charge >= 0.3 is 5.97 Å². The molecule has 1 unspecified atom stereocenters. The minimum atomic E-state index is -0.994. The normalized spacial score (nSPS) is 18.4. The monoisotopic (exact) mass is 298 g/mol. The molecule has 21 heavy (non-hydrogen) atoms. The number of carboxylic acids is 1. The zero-order valence-corrected chi connectivity index (χ0v) is 13.0. The molecule has 0 spiro atoms. The summed E-state index contributed by atoms with van der Waals surface area (Å²) in [6.45, 7) is 5.20. The van der Waals surface area contributed by atoms with Crippen LogP contribution in [0.2, 0.25) is 0 Å². The second kappa shape index (κ2) is 8.64. The van der Waals surface area contributed by atoms with Crippen LogP contribution >= 0.6 is 0 Å². The van der Waals surface area contributed by atoms with Crippen molar-refractivity contribution in [3.63, 3.8) is 0 Å². The number of hydrogen-bond acceptors (Lipinski definition) is 3. The maximum Gasteiger partial charge on any atom is 0.323 e. The first-order chi connectivity index (χ1) is 9.99. The molecular weight excluding hydrogens is 272 g/mol. The summed E-state index contributed by atoms with van der Waals surface area (Å²) in [6, 6.07) is 0. The molecule has 1 rings (SSSR count). The highest BCUT2D eigenvalue weighted by molar-refractivity contribution is 5.84. The van der Waals surface area contributed by atoms with Gasteiger partial charge in [-0.2, -0.15) is 0 Å². The summed E-state index contributed by atoms with van der Waals surface area (Å²) in [5.41, 5.74) is 0. The third kappa shape index (κ3) is 5.36. The minimum Gasteiger partial charge on any atom is -0.480 e. The summed E-state index contributed by atoms with van der Waals surface area (Å²) in [7, 11) is 0. The molecule has 0 saturated carbocycles. The quantitative estimate of drug-likeness (QED) is 0.769. The van der Waals surface area contributed by atoms with Gasteiger partial charge in [0.25, 0.3) is 0 Å². The summed E-state index contributed by atoms with van der Waals surface area (Å²) in [5.74, 6) is -1.29. The first-order valence-electron chi connectivity index (χ1n) is 7.77. The Bertz CT molecular complexity index is 384. The Hall–Kier alpha value is -1.59. The fraction of sp³-hybridized carbons (Fsp3) is 0.800. The highest BCUT2D eigenvalue weighted by Crippen LogP contribution is 2.20. The zero-order chi connectivity index (χ0) is 15.8. The SMILES string of the molecule is CCCC(=O)N1CCCC(C(=O)N(CCC)CC(=O)O)C1. The van der Waals surface area contributed by atoms with Gasteiger partial charge in [0.15, 0.2) is 0 Å². The van der Waals surface area contributed by atoms with Crippen LogP contribution in [0.25, 0.3) is 0 Å². The van der Waals surface area contributed by atoms with Crippen molar-refractivity contribution in [2.45, 2.75) is 46.0 Å². The number of carbonyl (C=O) groups is 3. The van der Waals surface area contributed by atoms with Gasteiger partial charge < -0.3 is 14.9 Å². The van der Waals surface area contributed by atoms with E-state index in [0.717, 1.165) is 25.7 Å². The molecular formula is C15H26N2O4. The van der Waals surface area contributed by atoms with E-state index in [2.05, 4.69) is 0 Å². The Balaban J connectivity index is 2.66. The van der Waals surface area contributed by atoms with Crippen LogP contribution in [0.15, 0.2) is 0 Å². The Kier molecular flexibility index (Phi) is 7.19. The summed E-state index contributed by atoms with van der Waals surface area (Å²) in [6.07, 6.45) is 3.57. The van der Waals surface area contributed by atoms with Gasteiger partial charge in [0.2, 0.25) is 11.8 Å². The Morgan fingerprint density at radius 3 is 2.52 bits per heavy atom. The van der Waals surface area contributed by atoms with Crippen molar-refractivity contribution in [1.82, 2.24) is 9.80 Å². The number of piperidine rings is 1. The number of rotatable bonds is 7. The molecule has 1 fully saturated rings. The molecule has 1 heterocycles. The smallest absolute Gasteiger partial charge is 0.323 e. The van der Waals surface area contributed by atoms with Crippen LogP contribution in [0, 0.1) is 5.92 Å². The van der Waals surface area contributed by atoms with E-state index in [4.69, 9.17) is 5.11 Å². The highest BCUT2D eigenvalue weighted by atomic mass is 16.4. The fourth-order valence-electron chi connectivity index (χ4n) is 2.74. The van der Waals surface area contributed by atoms with E-state index in [-0.39, 0.29) is 24.3 Å². The second-order valence-corrected chi connectivity index (χ2v) is 5.58. The van der Waals surface area contributed by atoms with Gasteiger partial charge in [-0.1, -0.05) is 13.8 Å². The molecule has 0 aromatic heterocycles. The van der Waals surface area contributed by atoms with E-state index in [0.29, 0.717) is 26.1 Å². The summed E-state index contributed by atoms with van der Waals surface area (Å²) in [5, 5.41) is 8.91. The maximum absolute atomic E-state index is 12.5. The van der Waals surface area contributed by atoms with Gasteiger partial charge in [-0.15, -0.1) is 0 Å². The van der Waals surface area contributed by atoms with Gasteiger partial charge in [-0.3, -0.25) is 14.4 Å². The van der Waals surface area contributed by atoms with Crippen molar-refractivity contribution in [2.24, 2.45) is 5.92 Å². The number of carbonyl (C=O) groups excluding carboxylic acids is 2. The molecule has 1 atom stereocenters. The fourth-order valence-corrected chi connectivity index (χ4v) is 2.74. The third-order valence-electron chi connectivity index (χ3n) is 3.72. The van der Waals surface area contributed by atoms with Crippen molar-refractivity contribution in [1.29, 1.82) is 0 Å². The maximum atomic E-state index is 12.5. The lowest BCUT2D eigenvalue weighted by Gasteiger charge is -2.34. The van der Waals surface area contributed by atoms with Crippen LogP contribution < -0.4 is 0 Å². The number of nitrogens with zero attached hydrogens (tertiary/aromatic N) is 2. The highest BCUT2D eigenvalue weighted by Gasteiger charge is 2.31. The molecule has 0 aliphatic carbocycles. The lowest BCUT2D eigenvalue weighted by molar-refractivity contribution is -0.148. The molecule has 2 amide bonds.